The second-order valence-corrected chi connectivity index (χ2v) is 5.55. The first-order valence-electron chi connectivity index (χ1n) is 6.97. The molecule has 1 aliphatic heterocycles. The van der Waals surface area contributed by atoms with Crippen molar-refractivity contribution in [3.63, 3.8) is 0 Å². The monoisotopic (exact) mass is 236 g/mol. The van der Waals surface area contributed by atoms with Crippen molar-refractivity contribution in [1.82, 2.24) is 4.90 Å². The minimum Gasteiger partial charge on any atom is -0.384 e. The molecule has 0 amide bonds. The lowest BCUT2D eigenvalue weighted by Gasteiger charge is -2.41. The Morgan fingerprint density at radius 1 is 1.24 bits per heavy atom. The molecule has 2 aliphatic rings. The third-order valence-electron chi connectivity index (χ3n) is 4.32. The summed E-state index contributed by atoms with van der Waals surface area (Å²) < 4.78 is 5.28. The topological polar surface area (TPSA) is 36.3 Å². The predicted molar refractivity (Wildman–Crippen MR) is 67.5 cm³/mol. The van der Waals surface area contributed by atoms with Crippen LogP contribution in [0, 0.1) is 23.2 Å². The molecule has 3 nitrogen and oxygen atoms in total. The normalized spacial score (nSPS) is 35.4. The lowest BCUT2D eigenvalue weighted by molar-refractivity contribution is 0.0452. The lowest BCUT2D eigenvalue weighted by atomic mass is 9.83. The maximum Gasteiger partial charge on any atom is 0.0672 e. The average molecular weight is 236 g/mol. The maximum atomic E-state index is 9.26. The molecule has 96 valence electrons. The summed E-state index contributed by atoms with van der Waals surface area (Å²) in [5, 5.41) is 9.26. The molecule has 3 heteroatoms. The summed E-state index contributed by atoms with van der Waals surface area (Å²) in [5.74, 6) is 0.945. The van der Waals surface area contributed by atoms with Gasteiger partial charge in [0.25, 0.3) is 0 Å². The second-order valence-electron chi connectivity index (χ2n) is 5.55. The van der Waals surface area contributed by atoms with E-state index in [1.165, 1.54) is 38.6 Å². The zero-order valence-electron chi connectivity index (χ0n) is 10.9. The van der Waals surface area contributed by atoms with E-state index in [1.807, 2.05) is 0 Å². The van der Waals surface area contributed by atoms with Gasteiger partial charge < -0.3 is 4.74 Å². The zero-order chi connectivity index (χ0) is 12.1. The molecule has 3 atom stereocenters. The third-order valence-corrected chi connectivity index (χ3v) is 4.32. The van der Waals surface area contributed by atoms with Crippen LogP contribution in [0.2, 0.25) is 0 Å². The van der Waals surface area contributed by atoms with Crippen LogP contribution in [-0.4, -0.2) is 37.7 Å². The summed E-state index contributed by atoms with van der Waals surface area (Å²) in [6.45, 7) is 3.19. The van der Waals surface area contributed by atoms with Gasteiger partial charge in [-0.15, -0.1) is 0 Å². The number of hydrogen-bond acceptors (Lipinski definition) is 3. The average Bonchev–Trinajstić information content (AvgIpc) is 2.39. The van der Waals surface area contributed by atoms with Crippen LogP contribution in [0.1, 0.15) is 38.5 Å². The molecule has 0 aromatic rings. The molecule has 0 bridgehead atoms. The smallest absolute Gasteiger partial charge is 0.0672 e. The Morgan fingerprint density at radius 3 is 2.82 bits per heavy atom. The Hall–Kier alpha value is -0.590. The van der Waals surface area contributed by atoms with Gasteiger partial charge in [-0.05, 0) is 38.1 Å². The molecule has 1 heterocycles. The molecule has 0 aromatic heterocycles. The fraction of sp³-hybridized carbons (Fsp3) is 0.929. The van der Waals surface area contributed by atoms with Gasteiger partial charge in [-0.1, -0.05) is 12.8 Å². The van der Waals surface area contributed by atoms with Crippen LogP contribution in [-0.2, 0) is 4.74 Å². The molecule has 2 fully saturated rings. The molecule has 1 aliphatic carbocycles. The molecule has 17 heavy (non-hydrogen) atoms. The third kappa shape index (κ3) is 3.20. The molecule has 0 N–H and O–H groups in total. The second kappa shape index (κ2) is 6.37. The van der Waals surface area contributed by atoms with Crippen LogP contribution >= 0.6 is 0 Å². The summed E-state index contributed by atoms with van der Waals surface area (Å²) in [6, 6.07) is 3.05. The number of nitriles is 1. The molecule has 3 unspecified atom stereocenters. The van der Waals surface area contributed by atoms with Crippen molar-refractivity contribution in [2.75, 3.05) is 26.8 Å². The zero-order valence-corrected chi connectivity index (χ0v) is 10.9. The first kappa shape index (κ1) is 12.9. The van der Waals surface area contributed by atoms with Gasteiger partial charge >= 0.3 is 0 Å². The van der Waals surface area contributed by atoms with Gasteiger partial charge in [0.1, 0.15) is 0 Å². The molecular weight excluding hydrogens is 212 g/mol. The van der Waals surface area contributed by atoms with Crippen molar-refractivity contribution in [2.24, 2.45) is 11.8 Å². The van der Waals surface area contributed by atoms with Crippen molar-refractivity contribution < 1.29 is 4.74 Å². The minimum absolute atomic E-state index is 0.269. The largest absolute Gasteiger partial charge is 0.384 e. The van der Waals surface area contributed by atoms with Crippen molar-refractivity contribution in [3.8, 4) is 6.07 Å². The summed E-state index contributed by atoms with van der Waals surface area (Å²) >= 11 is 0. The quantitative estimate of drug-likeness (QED) is 0.755. The van der Waals surface area contributed by atoms with Crippen LogP contribution in [0.25, 0.3) is 0 Å². The Morgan fingerprint density at radius 2 is 2.06 bits per heavy atom. The SMILES string of the molecule is COCC1CCCN(C2CCCCC2C#N)C1. The fourth-order valence-corrected chi connectivity index (χ4v) is 3.47. The van der Waals surface area contributed by atoms with Crippen molar-refractivity contribution in [3.05, 3.63) is 0 Å². The van der Waals surface area contributed by atoms with Crippen LogP contribution in [0.15, 0.2) is 0 Å². The minimum atomic E-state index is 0.269. The maximum absolute atomic E-state index is 9.26. The number of likely N-dealkylation sites (tertiary alicyclic amines) is 1. The number of methoxy groups -OCH3 is 1. The predicted octanol–water partition coefficient (Wildman–Crippen LogP) is 2.43. The van der Waals surface area contributed by atoms with Gasteiger partial charge in [-0.3, -0.25) is 4.90 Å². The van der Waals surface area contributed by atoms with Gasteiger partial charge in [0.15, 0.2) is 0 Å². The van der Waals surface area contributed by atoms with E-state index >= 15 is 0 Å². The fourth-order valence-electron chi connectivity index (χ4n) is 3.47. The lowest BCUT2D eigenvalue weighted by Crippen LogP contribution is -2.47. The van der Waals surface area contributed by atoms with Crippen molar-refractivity contribution in [2.45, 2.75) is 44.6 Å². The Balaban J connectivity index is 1.93. The van der Waals surface area contributed by atoms with Crippen LogP contribution in [0.4, 0.5) is 0 Å². The summed E-state index contributed by atoms with van der Waals surface area (Å²) in [4.78, 5) is 2.57. The number of piperidine rings is 1. The van der Waals surface area contributed by atoms with Gasteiger partial charge in [0.05, 0.1) is 18.6 Å². The summed E-state index contributed by atoms with van der Waals surface area (Å²) in [6.07, 6.45) is 7.42. The molecule has 0 spiro atoms. The highest BCUT2D eigenvalue weighted by Crippen LogP contribution is 2.31. The van der Waals surface area contributed by atoms with E-state index in [4.69, 9.17) is 4.74 Å². The number of rotatable bonds is 3. The standard InChI is InChI=1S/C14H24N2O/c1-17-11-12-5-4-8-16(10-12)14-7-3-2-6-13(14)9-15/h12-14H,2-8,10-11H2,1H3. The highest BCUT2D eigenvalue weighted by atomic mass is 16.5. The van der Waals surface area contributed by atoms with E-state index in [2.05, 4.69) is 11.0 Å². The molecule has 1 saturated heterocycles. The van der Waals surface area contributed by atoms with E-state index in [0.717, 1.165) is 19.6 Å². The van der Waals surface area contributed by atoms with Gasteiger partial charge in [0.2, 0.25) is 0 Å². The number of hydrogen-bond donors (Lipinski definition) is 0. The molecule has 1 saturated carbocycles. The van der Waals surface area contributed by atoms with Crippen LogP contribution < -0.4 is 0 Å². The van der Waals surface area contributed by atoms with Crippen LogP contribution in [0.5, 0.6) is 0 Å². The van der Waals surface area contributed by atoms with Crippen molar-refractivity contribution in [1.29, 1.82) is 5.26 Å². The molecule has 0 aromatic carbocycles. The molecule has 2 rings (SSSR count). The van der Waals surface area contributed by atoms with E-state index in [9.17, 15) is 5.26 Å². The highest BCUT2D eigenvalue weighted by molar-refractivity contribution is 4.96. The number of ether oxygens (including phenoxy) is 1. The summed E-state index contributed by atoms with van der Waals surface area (Å²) in [5.41, 5.74) is 0. The van der Waals surface area contributed by atoms with Gasteiger partial charge in [-0.25, -0.2) is 0 Å². The van der Waals surface area contributed by atoms with E-state index in [0.29, 0.717) is 12.0 Å². The highest BCUT2D eigenvalue weighted by Gasteiger charge is 2.32. The Bertz CT molecular complexity index is 272. The van der Waals surface area contributed by atoms with Crippen molar-refractivity contribution >= 4 is 0 Å². The van der Waals surface area contributed by atoms with E-state index < -0.39 is 0 Å². The summed E-state index contributed by atoms with van der Waals surface area (Å²) in [7, 11) is 1.79. The first-order chi connectivity index (χ1) is 8.35. The van der Waals surface area contributed by atoms with Gasteiger partial charge in [0, 0.05) is 19.7 Å². The Labute approximate surface area is 105 Å². The van der Waals surface area contributed by atoms with Gasteiger partial charge in [-0.2, -0.15) is 5.26 Å². The van der Waals surface area contributed by atoms with E-state index in [-0.39, 0.29) is 5.92 Å². The first-order valence-corrected chi connectivity index (χ1v) is 6.97. The Kier molecular flexibility index (Phi) is 4.82. The molecule has 0 radical (unpaired) electrons. The molecular formula is C14H24N2O. The number of nitrogens with zero attached hydrogens (tertiary/aromatic N) is 2. The van der Waals surface area contributed by atoms with Crippen LogP contribution in [0.3, 0.4) is 0 Å². The van der Waals surface area contributed by atoms with E-state index in [1.54, 1.807) is 7.11 Å².